The van der Waals surface area contributed by atoms with E-state index in [1.165, 1.54) is 13.8 Å². The number of nitrogens with zero attached hydrogens (tertiary/aromatic N) is 1. The van der Waals surface area contributed by atoms with Crippen molar-refractivity contribution in [3.05, 3.63) is 46.6 Å². The number of carbonyl (C=O) groups is 2. The van der Waals surface area contributed by atoms with Gasteiger partial charge in [-0.25, -0.2) is 4.79 Å². The smallest absolute Gasteiger partial charge is 0.345 e. The van der Waals surface area contributed by atoms with Crippen LogP contribution in [-0.2, 0) is 19.1 Å². The maximum atomic E-state index is 13.2. The van der Waals surface area contributed by atoms with Crippen LogP contribution in [0, 0.1) is 23.2 Å². The number of carbonyl (C=O) groups excluding carboxylic acids is 2. The molecule has 0 unspecified atom stereocenters. The van der Waals surface area contributed by atoms with Gasteiger partial charge >= 0.3 is 17.6 Å². The van der Waals surface area contributed by atoms with Gasteiger partial charge in [0.1, 0.15) is 34.9 Å². The first-order valence-electron chi connectivity index (χ1n) is 12.8. The standard InChI is InChI=1S/C28H33NO8/c1-14-18-11-22(35-16(3)31)28(5)25(27(18,4)9-8-19(14)34-15(2)30)24(32)23-21(37-28)12-20(36-26(23)33)17-7-6-10-29-13-17/h6-7,10,12-14,18-19,22,24-25,32H,8-9,11H2,1-5H3/t14-,18+,19+,22+,24+,25-,27+,28-/m1/s1. The number of esters is 2. The summed E-state index contributed by atoms with van der Waals surface area (Å²) in [6.07, 6.45) is 2.74. The van der Waals surface area contributed by atoms with Gasteiger partial charge in [0, 0.05) is 43.8 Å². The van der Waals surface area contributed by atoms with Crippen molar-refractivity contribution in [2.45, 2.75) is 77.8 Å². The van der Waals surface area contributed by atoms with Gasteiger partial charge in [0.25, 0.3) is 0 Å². The van der Waals surface area contributed by atoms with Gasteiger partial charge in [-0.2, -0.15) is 0 Å². The third kappa shape index (κ3) is 4.04. The van der Waals surface area contributed by atoms with E-state index in [0.717, 1.165) is 0 Å². The summed E-state index contributed by atoms with van der Waals surface area (Å²) in [5, 5.41) is 11.8. The minimum Gasteiger partial charge on any atom is -0.482 e. The van der Waals surface area contributed by atoms with Crippen LogP contribution in [0.5, 0.6) is 5.75 Å². The third-order valence-electron chi connectivity index (χ3n) is 8.93. The zero-order valence-corrected chi connectivity index (χ0v) is 21.7. The van der Waals surface area contributed by atoms with Gasteiger partial charge in [0.15, 0.2) is 0 Å². The van der Waals surface area contributed by atoms with E-state index in [2.05, 4.69) is 11.9 Å². The van der Waals surface area contributed by atoms with E-state index in [4.69, 9.17) is 18.6 Å². The van der Waals surface area contributed by atoms with E-state index in [9.17, 15) is 19.5 Å². The van der Waals surface area contributed by atoms with Crippen molar-refractivity contribution in [2.24, 2.45) is 23.2 Å². The molecule has 3 aliphatic rings. The van der Waals surface area contributed by atoms with Gasteiger partial charge in [-0.05, 0) is 55.6 Å². The molecule has 3 heterocycles. The predicted molar refractivity (Wildman–Crippen MR) is 131 cm³/mol. The highest BCUT2D eigenvalue weighted by molar-refractivity contribution is 5.67. The Kier molecular flexibility index (Phi) is 6.17. The summed E-state index contributed by atoms with van der Waals surface area (Å²) in [7, 11) is 0. The molecule has 198 valence electrons. The number of aliphatic hydroxyl groups excluding tert-OH is 1. The number of rotatable bonds is 3. The van der Waals surface area contributed by atoms with Crippen LogP contribution >= 0.6 is 0 Å². The number of pyridine rings is 1. The molecule has 2 aromatic rings. The van der Waals surface area contributed by atoms with Gasteiger partial charge in [-0.15, -0.1) is 0 Å². The molecule has 2 aliphatic carbocycles. The Bertz CT molecular complexity index is 1270. The molecule has 0 aromatic carbocycles. The Balaban J connectivity index is 1.63. The summed E-state index contributed by atoms with van der Waals surface area (Å²) in [6, 6.07) is 5.09. The first-order valence-corrected chi connectivity index (χ1v) is 12.8. The fourth-order valence-electron chi connectivity index (χ4n) is 7.39. The SMILES string of the molecule is CC(=O)O[C@H]1CC[C@]2(C)[C@H]3[C@@H](O)c4c(cc(-c5cccnc5)oc4=O)O[C@]3(C)[C@@H](OC(C)=O)C[C@H]2[C@H]1C. The number of aromatic nitrogens is 1. The summed E-state index contributed by atoms with van der Waals surface area (Å²) < 4.78 is 23.7. The van der Waals surface area contributed by atoms with Crippen LogP contribution in [0.1, 0.15) is 65.5 Å². The maximum absolute atomic E-state index is 13.2. The van der Waals surface area contributed by atoms with E-state index < -0.39 is 40.7 Å². The lowest BCUT2D eigenvalue weighted by Crippen LogP contribution is -2.69. The van der Waals surface area contributed by atoms with Crippen molar-refractivity contribution in [1.29, 1.82) is 0 Å². The van der Waals surface area contributed by atoms with Crippen molar-refractivity contribution in [3.63, 3.8) is 0 Å². The fraction of sp³-hybridized carbons (Fsp3) is 0.571. The number of ether oxygens (including phenoxy) is 3. The minimum absolute atomic E-state index is 0.0526. The molecule has 2 aromatic heterocycles. The van der Waals surface area contributed by atoms with Crippen LogP contribution in [0.3, 0.4) is 0 Å². The van der Waals surface area contributed by atoms with E-state index in [1.807, 2.05) is 13.8 Å². The number of hydrogen-bond acceptors (Lipinski definition) is 9. The number of hydrogen-bond donors (Lipinski definition) is 1. The van der Waals surface area contributed by atoms with Crippen LogP contribution in [0.25, 0.3) is 11.3 Å². The van der Waals surface area contributed by atoms with Gasteiger partial charge in [0.2, 0.25) is 0 Å². The molecule has 0 spiro atoms. The molecular formula is C28H33NO8. The topological polar surface area (TPSA) is 125 Å². The van der Waals surface area contributed by atoms with Crippen molar-refractivity contribution in [1.82, 2.24) is 4.98 Å². The molecule has 9 nitrogen and oxygen atoms in total. The van der Waals surface area contributed by atoms with E-state index >= 15 is 0 Å². The van der Waals surface area contributed by atoms with Crippen LogP contribution in [0.15, 0.2) is 39.8 Å². The van der Waals surface area contributed by atoms with Gasteiger partial charge < -0.3 is 23.7 Å². The second-order valence-electron chi connectivity index (χ2n) is 11.1. The Morgan fingerprint density at radius 3 is 2.57 bits per heavy atom. The Morgan fingerprint density at radius 1 is 1.19 bits per heavy atom. The molecule has 0 amide bonds. The van der Waals surface area contributed by atoms with Gasteiger partial charge in [-0.1, -0.05) is 13.8 Å². The lowest BCUT2D eigenvalue weighted by atomic mass is 9.46. The van der Waals surface area contributed by atoms with Crippen LogP contribution in [0.4, 0.5) is 0 Å². The molecule has 2 saturated carbocycles. The zero-order chi connectivity index (χ0) is 26.7. The average Bonchev–Trinajstić information content (AvgIpc) is 2.82. The third-order valence-corrected chi connectivity index (χ3v) is 8.93. The summed E-state index contributed by atoms with van der Waals surface area (Å²) >= 11 is 0. The summed E-state index contributed by atoms with van der Waals surface area (Å²) in [4.78, 5) is 41.3. The van der Waals surface area contributed by atoms with Crippen LogP contribution in [0.2, 0.25) is 0 Å². The Hall–Kier alpha value is -3.20. The maximum Gasteiger partial charge on any atom is 0.345 e. The lowest BCUT2D eigenvalue weighted by Gasteiger charge is -2.64. The number of aliphatic hydroxyl groups is 1. The highest BCUT2D eigenvalue weighted by Gasteiger charge is 2.67. The Morgan fingerprint density at radius 2 is 1.92 bits per heavy atom. The van der Waals surface area contributed by atoms with Gasteiger partial charge in [-0.3, -0.25) is 14.6 Å². The summed E-state index contributed by atoms with van der Waals surface area (Å²) in [6.45, 7) is 8.71. The molecule has 5 rings (SSSR count). The van der Waals surface area contributed by atoms with E-state index in [1.54, 1.807) is 30.6 Å². The molecule has 0 radical (unpaired) electrons. The highest BCUT2D eigenvalue weighted by Crippen LogP contribution is 2.64. The lowest BCUT2D eigenvalue weighted by molar-refractivity contribution is -0.250. The van der Waals surface area contributed by atoms with Crippen molar-refractivity contribution >= 4 is 11.9 Å². The average molecular weight is 512 g/mol. The van der Waals surface area contributed by atoms with Crippen LogP contribution < -0.4 is 10.4 Å². The highest BCUT2D eigenvalue weighted by atomic mass is 16.6. The normalized spacial score (nSPS) is 36.3. The molecule has 1 N–H and O–H groups in total. The molecule has 8 atom stereocenters. The van der Waals surface area contributed by atoms with E-state index in [0.29, 0.717) is 24.8 Å². The first-order chi connectivity index (χ1) is 17.5. The fourth-order valence-corrected chi connectivity index (χ4v) is 7.39. The van der Waals surface area contributed by atoms with Crippen molar-refractivity contribution in [3.8, 4) is 17.1 Å². The quantitative estimate of drug-likeness (QED) is 0.612. The molecule has 2 fully saturated rings. The predicted octanol–water partition coefficient (Wildman–Crippen LogP) is 3.82. The zero-order valence-electron chi connectivity index (χ0n) is 21.7. The first kappa shape index (κ1) is 25.4. The molecule has 0 bridgehead atoms. The minimum atomic E-state index is -1.21. The summed E-state index contributed by atoms with van der Waals surface area (Å²) in [5.41, 5.74) is -1.63. The molecule has 0 saturated heterocycles. The van der Waals surface area contributed by atoms with Crippen molar-refractivity contribution < 1.29 is 33.3 Å². The van der Waals surface area contributed by atoms with Crippen LogP contribution in [-0.4, -0.2) is 39.8 Å². The van der Waals surface area contributed by atoms with Crippen molar-refractivity contribution in [2.75, 3.05) is 0 Å². The monoisotopic (exact) mass is 511 g/mol. The van der Waals surface area contributed by atoms with E-state index in [-0.39, 0.29) is 41.0 Å². The second kappa shape index (κ2) is 8.97. The molecule has 37 heavy (non-hydrogen) atoms. The molecular weight excluding hydrogens is 478 g/mol. The molecule has 1 aliphatic heterocycles. The Labute approximate surface area is 215 Å². The number of fused-ring (bicyclic) bond motifs is 4. The molecule has 9 heteroatoms. The second-order valence-corrected chi connectivity index (χ2v) is 11.1. The largest absolute Gasteiger partial charge is 0.482 e. The summed E-state index contributed by atoms with van der Waals surface area (Å²) in [5.74, 6) is -1.01. The van der Waals surface area contributed by atoms with Gasteiger partial charge in [0.05, 0.1) is 6.10 Å².